The van der Waals surface area contributed by atoms with Gasteiger partial charge in [-0.15, -0.1) is 0 Å². The topological polar surface area (TPSA) is 44.5 Å². The molecule has 0 unspecified atom stereocenters. The summed E-state index contributed by atoms with van der Waals surface area (Å²) in [6.45, 7) is 0. The highest BCUT2D eigenvalue weighted by Gasteiger charge is 2.10. The molecule has 2 aromatic rings. The standard InChI is InChI=1S/C13H11BrFNO2/c1-17-11-4-2-3-5-12(11)18-13-7-9(15)8(14)6-10(13)16/h2-7H,16H2,1H3. The Morgan fingerprint density at radius 1 is 1.11 bits per heavy atom. The van der Waals surface area contributed by atoms with E-state index < -0.39 is 5.82 Å². The van der Waals surface area contributed by atoms with E-state index in [0.29, 0.717) is 21.7 Å². The van der Waals surface area contributed by atoms with Gasteiger partial charge in [-0.25, -0.2) is 4.39 Å². The van der Waals surface area contributed by atoms with Crippen molar-refractivity contribution in [1.82, 2.24) is 0 Å². The molecule has 0 aliphatic heterocycles. The van der Waals surface area contributed by atoms with Crippen molar-refractivity contribution in [3.05, 3.63) is 46.7 Å². The quantitative estimate of drug-likeness (QED) is 0.872. The summed E-state index contributed by atoms with van der Waals surface area (Å²) >= 11 is 3.06. The third kappa shape index (κ3) is 2.56. The Morgan fingerprint density at radius 3 is 2.44 bits per heavy atom. The molecular formula is C13H11BrFNO2. The number of anilines is 1. The summed E-state index contributed by atoms with van der Waals surface area (Å²) in [6.07, 6.45) is 0. The fraction of sp³-hybridized carbons (Fsp3) is 0.0769. The minimum Gasteiger partial charge on any atom is -0.493 e. The minimum absolute atomic E-state index is 0.250. The average molecular weight is 312 g/mol. The van der Waals surface area contributed by atoms with Gasteiger partial charge in [0.1, 0.15) is 5.82 Å². The number of para-hydroxylation sites is 2. The first kappa shape index (κ1) is 12.7. The molecule has 2 aromatic carbocycles. The average Bonchev–Trinajstić information content (AvgIpc) is 2.36. The maximum Gasteiger partial charge on any atom is 0.169 e. The van der Waals surface area contributed by atoms with Gasteiger partial charge >= 0.3 is 0 Å². The summed E-state index contributed by atoms with van der Waals surface area (Å²) < 4.78 is 24.4. The third-order valence-corrected chi connectivity index (χ3v) is 2.95. The summed E-state index contributed by atoms with van der Waals surface area (Å²) in [5.41, 5.74) is 6.11. The van der Waals surface area contributed by atoms with Crippen LogP contribution in [-0.4, -0.2) is 7.11 Å². The van der Waals surface area contributed by atoms with Crippen molar-refractivity contribution in [1.29, 1.82) is 0 Å². The second kappa shape index (κ2) is 5.27. The van der Waals surface area contributed by atoms with E-state index in [1.807, 2.05) is 6.07 Å². The maximum absolute atomic E-state index is 13.4. The van der Waals surface area contributed by atoms with Crippen LogP contribution < -0.4 is 15.2 Å². The molecule has 0 saturated carbocycles. The Morgan fingerprint density at radius 2 is 1.78 bits per heavy atom. The third-order valence-electron chi connectivity index (χ3n) is 2.34. The SMILES string of the molecule is COc1ccccc1Oc1cc(F)c(Br)cc1N. The fourth-order valence-electron chi connectivity index (χ4n) is 1.45. The molecule has 0 bridgehead atoms. The number of nitrogens with two attached hydrogens (primary N) is 1. The van der Waals surface area contributed by atoms with E-state index in [9.17, 15) is 4.39 Å². The first-order chi connectivity index (χ1) is 8.61. The van der Waals surface area contributed by atoms with E-state index in [1.54, 1.807) is 18.2 Å². The summed E-state index contributed by atoms with van der Waals surface area (Å²) in [4.78, 5) is 0. The molecule has 0 spiro atoms. The lowest BCUT2D eigenvalue weighted by atomic mass is 10.3. The van der Waals surface area contributed by atoms with Crippen LogP contribution in [0.3, 0.4) is 0 Å². The van der Waals surface area contributed by atoms with E-state index in [-0.39, 0.29) is 5.75 Å². The van der Waals surface area contributed by atoms with Gasteiger partial charge in [0.05, 0.1) is 17.3 Å². The second-order valence-corrected chi connectivity index (χ2v) is 4.41. The molecule has 0 heterocycles. The Bertz CT molecular complexity index is 575. The second-order valence-electron chi connectivity index (χ2n) is 3.56. The number of hydrogen-bond acceptors (Lipinski definition) is 3. The summed E-state index contributed by atoms with van der Waals surface area (Å²) in [6, 6.07) is 9.77. The van der Waals surface area contributed by atoms with Crippen LogP contribution in [0.4, 0.5) is 10.1 Å². The van der Waals surface area contributed by atoms with Crippen molar-refractivity contribution >= 4 is 21.6 Å². The molecule has 0 aliphatic carbocycles. The smallest absolute Gasteiger partial charge is 0.169 e. The Kier molecular flexibility index (Phi) is 3.72. The Labute approximate surface area is 112 Å². The van der Waals surface area contributed by atoms with Crippen molar-refractivity contribution < 1.29 is 13.9 Å². The Hall–Kier alpha value is -1.75. The monoisotopic (exact) mass is 311 g/mol. The molecule has 5 heteroatoms. The van der Waals surface area contributed by atoms with Crippen LogP contribution in [0, 0.1) is 5.82 Å². The van der Waals surface area contributed by atoms with E-state index in [1.165, 1.54) is 19.2 Å². The van der Waals surface area contributed by atoms with E-state index >= 15 is 0 Å². The molecule has 2 rings (SSSR count). The lowest BCUT2D eigenvalue weighted by Gasteiger charge is -2.12. The van der Waals surface area contributed by atoms with Gasteiger partial charge in [-0.2, -0.15) is 0 Å². The van der Waals surface area contributed by atoms with Crippen LogP contribution >= 0.6 is 15.9 Å². The number of rotatable bonds is 3. The van der Waals surface area contributed by atoms with Crippen LogP contribution in [0.25, 0.3) is 0 Å². The molecule has 0 saturated heterocycles. The van der Waals surface area contributed by atoms with Gasteiger partial charge in [-0.05, 0) is 34.1 Å². The predicted molar refractivity (Wildman–Crippen MR) is 71.6 cm³/mol. The van der Waals surface area contributed by atoms with Gasteiger partial charge in [0.25, 0.3) is 0 Å². The number of benzene rings is 2. The molecule has 0 atom stereocenters. The highest BCUT2D eigenvalue weighted by Crippen LogP contribution is 2.35. The summed E-state index contributed by atoms with van der Waals surface area (Å²) in [5.74, 6) is 0.850. The number of nitrogen functional groups attached to an aromatic ring is 1. The van der Waals surface area contributed by atoms with Crippen molar-refractivity contribution in [3.8, 4) is 17.2 Å². The lowest BCUT2D eigenvalue weighted by Crippen LogP contribution is -1.95. The van der Waals surface area contributed by atoms with Crippen molar-refractivity contribution in [2.45, 2.75) is 0 Å². The van der Waals surface area contributed by atoms with Gasteiger partial charge in [-0.3, -0.25) is 0 Å². The minimum atomic E-state index is -0.436. The van der Waals surface area contributed by atoms with Crippen molar-refractivity contribution in [3.63, 3.8) is 0 Å². The zero-order valence-corrected chi connectivity index (χ0v) is 11.2. The van der Waals surface area contributed by atoms with E-state index in [2.05, 4.69) is 15.9 Å². The zero-order valence-electron chi connectivity index (χ0n) is 9.61. The number of hydrogen-bond donors (Lipinski definition) is 1. The summed E-state index contributed by atoms with van der Waals surface area (Å²) in [5, 5.41) is 0. The van der Waals surface area contributed by atoms with Crippen molar-refractivity contribution in [2.75, 3.05) is 12.8 Å². The molecule has 0 radical (unpaired) electrons. The van der Waals surface area contributed by atoms with Gasteiger partial charge in [-0.1, -0.05) is 12.1 Å². The van der Waals surface area contributed by atoms with Crippen molar-refractivity contribution in [2.24, 2.45) is 0 Å². The molecule has 18 heavy (non-hydrogen) atoms. The number of methoxy groups -OCH3 is 1. The summed E-state index contributed by atoms with van der Waals surface area (Å²) in [7, 11) is 1.54. The van der Waals surface area contributed by atoms with Crippen LogP contribution in [0.1, 0.15) is 0 Å². The first-order valence-corrected chi connectivity index (χ1v) is 5.96. The maximum atomic E-state index is 13.4. The fourth-order valence-corrected chi connectivity index (χ4v) is 1.82. The molecule has 3 nitrogen and oxygen atoms in total. The van der Waals surface area contributed by atoms with Gasteiger partial charge < -0.3 is 15.2 Å². The molecular weight excluding hydrogens is 301 g/mol. The van der Waals surface area contributed by atoms with Gasteiger partial charge in [0, 0.05) is 6.07 Å². The molecule has 0 aromatic heterocycles. The zero-order chi connectivity index (χ0) is 13.1. The lowest BCUT2D eigenvalue weighted by molar-refractivity contribution is 0.378. The number of ether oxygens (including phenoxy) is 2. The van der Waals surface area contributed by atoms with Crippen LogP contribution in [0.5, 0.6) is 17.2 Å². The molecule has 0 fully saturated rings. The van der Waals surface area contributed by atoms with Gasteiger partial charge in [0.2, 0.25) is 0 Å². The van der Waals surface area contributed by atoms with Gasteiger partial charge in [0.15, 0.2) is 17.2 Å². The molecule has 94 valence electrons. The van der Waals surface area contributed by atoms with Crippen LogP contribution in [0.15, 0.2) is 40.9 Å². The normalized spacial score (nSPS) is 10.2. The first-order valence-electron chi connectivity index (χ1n) is 5.17. The van der Waals surface area contributed by atoms with Crippen LogP contribution in [0.2, 0.25) is 0 Å². The van der Waals surface area contributed by atoms with Crippen LogP contribution in [-0.2, 0) is 0 Å². The predicted octanol–water partition coefficient (Wildman–Crippen LogP) is 3.97. The highest BCUT2D eigenvalue weighted by atomic mass is 79.9. The number of halogens is 2. The molecule has 0 amide bonds. The molecule has 0 aliphatic rings. The largest absolute Gasteiger partial charge is 0.493 e. The molecule has 2 N–H and O–H groups in total. The Balaban J connectivity index is 2.37. The van der Waals surface area contributed by atoms with E-state index in [0.717, 1.165) is 0 Å². The van der Waals surface area contributed by atoms with E-state index in [4.69, 9.17) is 15.2 Å². The highest BCUT2D eigenvalue weighted by molar-refractivity contribution is 9.10.